The predicted octanol–water partition coefficient (Wildman–Crippen LogP) is 3.45. The summed E-state index contributed by atoms with van der Waals surface area (Å²) >= 11 is 0. The van der Waals surface area contributed by atoms with Gasteiger partial charge >= 0.3 is 0 Å². The van der Waals surface area contributed by atoms with Gasteiger partial charge < -0.3 is 5.32 Å². The van der Waals surface area contributed by atoms with Crippen LogP contribution in [0.4, 0.5) is 0 Å². The molecule has 0 aromatic carbocycles. The number of hydrogen-bond acceptors (Lipinski definition) is 1. The molecule has 0 saturated heterocycles. The molecule has 0 aliphatic heterocycles. The van der Waals surface area contributed by atoms with Gasteiger partial charge in [0.2, 0.25) is 0 Å². The van der Waals surface area contributed by atoms with Crippen molar-refractivity contribution in [3.05, 3.63) is 0 Å². The molecule has 0 amide bonds. The normalized spacial score (nSPS) is 27.9. The van der Waals surface area contributed by atoms with Gasteiger partial charge in [-0.3, -0.25) is 0 Å². The van der Waals surface area contributed by atoms with Crippen LogP contribution in [0.3, 0.4) is 0 Å². The van der Waals surface area contributed by atoms with E-state index in [1.54, 1.807) is 0 Å². The number of rotatable bonds is 4. The predicted molar refractivity (Wildman–Crippen MR) is 63.4 cm³/mol. The lowest BCUT2D eigenvalue weighted by atomic mass is 9.70. The Morgan fingerprint density at radius 1 is 1.14 bits per heavy atom. The fourth-order valence-corrected chi connectivity index (χ4v) is 2.26. The standard InChI is InChI=1S/C13H27N/c1-10(2)8-11-6-7-12(11)9-14-13(3,4)5/h10-12,14H,6-9H2,1-5H3. The Balaban J connectivity index is 2.20. The second-order valence-corrected chi connectivity index (χ2v) is 6.36. The zero-order valence-electron chi connectivity index (χ0n) is 10.6. The lowest BCUT2D eigenvalue weighted by Gasteiger charge is -2.39. The molecule has 84 valence electrons. The highest BCUT2D eigenvalue weighted by Crippen LogP contribution is 2.38. The van der Waals surface area contributed by atoms with Crippen LogP contribution in [0.5, 0.6) is 0 Å². The van der Waals surface area contributed by atoms with Gasteiger partial charge in [-0.2, -0.15) is 0 Å². The molecule has 1 aliphatic carbocycles. The summed E-state index contributed by atoms with van der Waals surface area (Å²) in [4.78, 5) is 0. The van der Waals surface area contributed by atoms with Crippen LogP contribution in [0.25, 0.3) is 0 Å². The Morgan fingerprint density at radius 2 is 1.71 bits per heavy atom. The largest absolute Gasteiger partial charge is 0.312 e. The van der Waals surface area contributed by atoms with Crippen molar-refractivity contribution in [3.63, 3.8) is 0 Å². The van der Waals surface area contributed by atoms with E-state index >= 15 is 0 Å². The molecule has 1 rings (SSSR count). The minimum absolute atomic E-state index is 0.290. The van der Waals surface area contributed by atoms with Gasteiger partial charge in [-0.15, -0.1) is 0 Å². The highest BCUT2D eigenvalue weighted by atomic mass is 14.9. The Bertz CT molecular complexity index is 167. The maximum Gasteiger partial charge on any atom is 0.00966 e. The molecule has 1 N–H and O–H groups in total. The fourth-order valence-electron chi connectivity index (χ4n) is 2.26. The molecule has 1 heteroatoms. The first-order valence-electron chi connectivity index (χ1n) is 6.13. The van der Waals surface area contributed by atoms with E-state index in [4.69, 9.17) is 0 Å². The van der Waals surface area contributed by atoms with Crippen LogP contribution in [0.2, 0.25) is 0 Å². The van der Waals surface area contributed by atoms with E-state index in [0.29, 0.717) is 0 Å². The molecule has 1 aliphatic rings. The quantitative estimate of drug-likeness (QED) is 0.728. The first-order valence-corrected chi connectivity index (χ1v) is 6.13. The lowest BCUT2D eigenvalue weighted by Crippen LogP contribution is -2.43. The van der Waals surface area contributed by atoms with Crippen LogP contribution in [-0.2, 0) is 0 Å². The summed E-state index contributed by atoms with van der Waals surface area (Å²) in [6.07, 6.45) is 4.34. The molecule has 1 saturated carbocycles. The first-order chi connectivity index (χ1) is 6.38. The zero-order valence-corrected chi connectivity index (χ0v) is 10.6. The van der Waals surface area contributed by atoms with Crippen LogP contribution in [-0.4, -0.2) is 12.1 Å². The Labute approximate surface area is 89.7 Å². The van der Waals surface area contributed by atoms with Crippen molar-refractivity contribution in [2.24, 2.45) is 17.8 Å². The molecule has 0 aromatic heterocycles. The Morgan fingerprint density at radius 3 is 2.07 bits per heavy atom. The first kappa shape index (κ1) is 12.0. The molecule has 0 aromatic rings. The third-order valence-electron chi connectivity index (χ3n) is 3.24. The van der Waals surface area contributed by atoms with E-state index < -0.39 is 0 Å². The minimum atomic E-state index is 0.290. The van der Waals surface area contributed by atoms with Crippen LogP contribution in [0.15, 0.2) is 0 Å². The molecule has 0 radical (unpaired) electrons. The van der Waals surface area contributed by atoms with Crippen molar-refractivity contribution >= 4 is 0 Å². The minimum Gasteiger partial charge on any atom is -0.312 e. The van der Waals surface area contributed by atoms with Gasteiger partial charge in [0.15, 0.2) is 0 Å². The smallest absolute Gasteiger partial charge is 0.00966 e. The van der Waals surface area contributed by atoms with Crippen LogP contribution >= 0.6 is 0 Å². The molecule has 14 heavy (non-hydrogen) atoms. The number of hydrogen-bond donors (Lipinski definition) is 1. The molecule has 2 atom stereocenters. The van der Waals surface area contributed by atoms with Crippen molar-refractivity contribution < 1.29 is 0 Å². The zero-order chi connectivity index (χ0) is 10.8. The molecular weight excluding hydrogens is 170 g/mol. The fraction of sp³-hybridized carbons (Fsp3) is 1.00. The highest BCUT2D eigenvalue weighted by Gasteiger charge is 2.31. The lowest BCUT2D eigenvalue weighted by molar-refractivity contribution is 0.135. The Kier molecular flexibility index (Phi) is 4.00. The van der Waals surface area contributed by atoms with Gasteiger partial charge in [0.05, 0.1) is 0 Å². The van der Waals surface area contributed by atoms with Crippen molar-refractivity contribution in [2.45, 2.75) is 59.4 Å². The van der Waals surface area contributed by atoms with E-state index in [1.807, 2.05) is 0 Å². The maximum absolute atomic E-state index is 3.63. The van der Waals surface area contributed by atoms with Gasteiger partial charge in [-0.1, -0.05) is 13.8 Å². The molecule has 0 heterocycles. The molecule has 1 fully saturated rings. The third kappa shape index (κ3) is 4.00. The average Bonchev–Trinajstić information content (AvgIpc) is 1.96. The molecule has 1 nitrogen and oxygen atoms in total. The second-order valence-electron chi connectivity index (χ2n) is 6.36. The van der Waals surface area contributed by atoms with Gasteiger partial charge in [0.25, 0.3) is 0 Å². The SMILES string of the molecule is CC(C)CC1CCC1CNC(C)(C)C. The maximum atomic E-state index is 3.63. The molecule has 2 unspecified atom stereocenters. The summed E-state index contributed by atoms with van der Waals surface area (Å²) in [6.45, 7) is 12.7. The van der Waals surface area contributed by atoms with Crippen molar-refractivity contribution in [1.29, 1.82) is 0 Å². The van der Waals surface area contributed by atoms with E-state index in [2.05, 4.69) is 39.9 Å². The van der Waals surface area contributed by atoms with Gasteiger partial charge in [-0.25, -0.2) is 0 Å². The average molecular weight is 197 g/mol. The van der Waals surface area contributed by atoms with Crippen molar-refractivity contribution in [1.82, 2.24) is 5.32 Å². The van der Waals surface area contributed by atoms with E-state index in [0.717, 1.165) is 17.8 Å². The molecular formula is C13H27N. The van der Waals surface area contributed by atoms with Crippen LogP contribution < -0.4 is 5.32 Å². The van der Waals surface area contributed by atoms with Gasteiger partial charge in [0.1, 0.15) is 0 Å². The van der Waals surface area contributed by atoms with E-state index in [1.165, 1.54) is 25.8 Å². The highest BCUT2D eigenvalue weighted by molar-refractivity contribution is 4.85. The van der Waals surface area contributed by atoms with Gasteiger partial charge in [-0.05, 0) is 64.3 Å². The summed E-state index contributed by atoms with van der Waals surface area (Å²) in [6, 6.07) is 0. The van der Waals surface area contributed by atoms with E-state index in [9.17, 15) is 0 Å². The summed E-state index contributed by atoms with van der Waals surface area (Å²) in [5.41, 5.74) is 0.290. The molecule has 0 bridgehead atoms. The van der Waals surface area contributed by atoms with E-state index in [-0.39, 0.29) is 5.54 Å². The monoisotopic (exact) mass is 197 g/mol. The molecule has 0 spiro atoms. The summed E-state index contributed by atoms with van der Waals surface area (Å²) in [5.74, 6) is 2.83. The number of nitrogens with one attached hydrogen (secondary N) is 1. The topological polar surface area (TPSA) is 12.0 Å². The van der Waals surface area contributed by atoms with Crippen LogP contribution in [0, 0.1) is 17.8 Å². The second kappa shape index (κ2) is 4.65. The Hall–Kier alpha value is -0.0400. The van der Waals surface area contributed by atoms with Gasteiger partial charge in [0, 0.05) is 5.54 Å². The summed E-state index contributed by atoms with van der Waals surface area (Å²) < 4.78 is 0. The summed E-state index contributed by atoms with van der Waals surface area (Å²) in [5, 5.41) is 3.63. The van der Waals surface area contributed by atoms with Crippen LogP contribution in [0.1, 0.15) is 53.9 Å². The summed E-state index contributed by atoms with van der Waals surface area (Å²) in [7, 11) is 0. The van der Waals surface area contributed by atoms with Crippen molar-refractivity contribution in [3.8, 4) is 0 Å². The third-order valence-corrected chi connectivity index (χ3v) is 3.24. The van der Waals surface area contributed by atoms with Crippen molar-refractivity contribution in [2.75, 3.05) is 6.54 Å².